The number of phenols is 1. The van der Waals surface area contributed by atoms with Gasteiger partial charge in [0.1, 0.15) is 11.8 Å². The lowest BCUT2D eigenvalue weighted by Gasteiger charge is -2.13. The van der Waals surface area contributed by atoms with Crippen molar-refractivity contribution in [1.82, 2.24) is 30.2 Å². The Hall–Kier alpha value is -3.76. The predicted molar refractivity (Wildman–Crippen MR) is 107 cm³/mol. The highest BCUT2D eigenvalue weighted by molar-refractivity contribution is 6.08. The average Bonchev–Trinajstić information content (AvgIpc) is 3.40. The topological polar surface area (TPSA) is 159 Å². The summed E-state index contributed by atoms with van der Waals surface area (Å²) in [7, 11) is 0. The quantitative estimate of drug-likeness (QED) is 0.369. The van der Waals surface area contributed by atoms with Crippen molar-refractivity contribution in [3.8, 4) is 17.1 Å². The molecule has 2 heterocycles. The molecule has 0 saturated carbocycles. The Morgan fingerprint density at radius 2 is 2.10 bits per heavy atom. The number of nitrogens with one attached hydrogen (secondary N) is 2. The molecule has 1 amide bonds. The summed E-state index contributed by atoms with van der Waals surface area (Å²) in [6.45, 7) is 2.09. The van der Waals surface area contributed by atoms with Crippen LogP contribution in [0, 0.1) is 0 Å². The second kappa shape index (κ2) is 9.63. The van der Waals surface area contributed by atoms with E-state index in [1.807, 2.05) is 0 Å². The zero-order chi connectivity index (χ0) is 21.5. The molecule has 0 saturated heterocycles. The summed E-state index contributed by atoms with van der Waals surface area (Å²) in [5, 5.41) is 35.7. The van der Waals surface area contributed by atoms with Crippen molar-refractivity contribution >= 4 is 17.7 Å². The Bertz CT molecular complexity index is 1000. The van der Waals surface area contributed by atoms with Crippen LogP contribution < -0.4 is 5.32 Å². The SMILES string of the molecule is CCCCCCC(C(=O)O)n1cnc(NC(=O)c2cccc(O)c2-c2nn[nH]n2)c1. The van der Waals surface area contributed by atoms with Crippen LogP contribution in [0.4, 0.5) is 5.82 Å². The monoisotopic (exact) mass is 413 g/mol. The number of carbonyl (C=O) groups excluding carboxylic acids is 1. The number of aromatic nitrogens is 6. The fourth-order valence-corrected chi connectivity index (χ4v) is 3.15. The second-order valence-electron chi connectivity index (χ2n) is 6.80. The maximum absolute atomic E-state index is 12.8. The van der Waals surface area contributed by atoms with Gasteiger partial charge in [0.05, 0.1) is 17.5 Å². The summed E-state index contributed by atoms with van der Waals surface area (Å²) >= 11 is 0. The molecule has 1 atom stereocenters. The van der Waals surface area contributed by atoms with Crippen LogP contribution in [0.1, 0.15) is 55.4 Å². The number of hydrogen-bond donors (Lipinski definition) is 4. The Morgan fingerprint density at radius 1 is 1.27 bits per heavy atom. The smallest absolute Gasteiger partial charge is 0.326 e. The lowest BCUT2D eigenvalue weighted by Crippen LogP contribution is -2.18. The van der Waals surface area contributed by atoms with Crippen LogP contribution >= 0.6 is 0 Å². The van der Waals surface area contributed by atoms with Crippen molar-refractivity contribution in [2.45, 2.75) is 45.1 Å². The normalized spacial score (nSPS) is 11.9. The van der Waals surface area contributed by atoms with E-state index >= 15 is 0 Å². The highest BCUT2D eigenvalue weighted by atomic mass is 16.4. The molecule has 0 spiro atoms. The van der Waals surface area contributed by atoms with Gasteiger partial charge in [-0.25, -0.2) is 9.78 Å². The minimum absolute atomic E-state index is 0.0711. The molecule has 1 aromatic carbocycles. The number of imidazole rings is 1. The van der Waals surface area contributed by atoms with E-state index < -0.39 is 17.9 Å². The number of tetrazole rings is 1. The zero-order valence-electron chi connectivity index (χ0n) is 16.4. The van der Waals surface area contributed by atoms with Crippen LogP contribution in [-0.2, 0) is 4.79 Å². The van der Waals surface area contributed by atoms with E-state index in [1.165, 1.54) is 35.3 Å². The van der Waals surface area contributed by atoms with Crippen LogP contribution in [0.2, 0.25) is 0 Å². The highest BCUT2D eigenvalue weighted by Gasteiger charge is 2.22. The first-order valence-corrected chi connectivity index (χ1v) is 9.64. The summed E-state index contributed by atoms with van der Waals surface area (Å²) in [5.41, 5.74) is 0.253. The Kier molecular flexibility index (Phi) is 6.73. The van der Waals surface area contributed by atoms with E-state index in [1.54, 1.807) is 0 Å². The fourth-order valence-electron chi connectivity index (χ4n) is 3.15. The average molecular weight is 413 g/mol. The van der Waals surface area contributed by atoms with Crippen molar-refractivity contribution in [3.05, 3.63) is 36.3 Å². The van der Waals surface area contributed by atoms with Gasteiger partial charge in [0.25, 0.3) is 5.91 Å². The number of aliphatic carboxylic acids is 1. The van der Waals surface area contributed by atoms with Gasteiger partial charge in [-0.3, -0.25) is 4.79 Å². The Balaban J connectivity index is 1.75. The molecule has 30 heavy (non-hydrogen) atoms. The van der Waals surface area contributed by atoms with Crippen molar-refractivity contribution in [3.63, 3.8) is 0 Å². The summed E-state index contributed by atoms with van der Waals surface area (Å²) in [4.78, 5) is 28.5. The number of H-pyrrole nitrogens is 1. The third-order valence-electron chi connectivity index (χ3n) is 4.68. The van der Waals surface area contributed by atoms with Crippen molar-refractivity contribution < 1.29 is 19.8 Å². The number of hydrogen-bond acceptors (Lipinski definition) is 7. The maximum Gasteiger partial charge on any atom is 0.326 e. The van der Waals surface area contributed by atoms with Gasteiger partial charge >= 0.3 is 5.97 Å². The van der Waals surface area contributed by atoms with Crippen LogP contribution in [-0.4, -0.2) is 52.3 Å². The maximum atomic E-state index is 12.8. The predicted octanol–water partition coefficient (Wildman–Crippen LogP) is 2.62. The number of carboxylic acids is 1. The molecule has 1 unspecified atom stereocenters. The number of unbranched alkanes of at least 4 members (excludes halogenated alkanes) is 3. The van der Waals surface area contributed by atoms with E-state index in [4.69, 9.17) is 0 Å². The second-order valence-corrected chi connectivity index (χ2v) is 6.80. The van der Waals surface area contributed by atoms with Gasteiger partial charge in [0.2, 0.25) is 5.82 Å². The summed E-state index contributed by atoms with van der Waals surface area (Å²) in [6.07, 6.45) is 7.23. The van der Waals surface area contributed by atoms with Crippen LogP contribution in [0.5, 0.6) is 5.75 Å². The number of benzene rings is 1. The number of phenolic OH excluding ortho intramolecular Hbond substituents is 1. The molecular weight excluding hydrogens is 390 g/mol. The lowest BCUT2D eigenvalue weighted by molar-refractivity contribution is -0.141. The van der Waals surface area contributed by atoms with Gasteiger partial charge < -0.3 is 20.1 Å². The molecule has 11 heteroatoms. The fraction of sp³-hybridized carbons (Fsp3) is 0.368. The molecule has 0 bridgehead atoms. The standard InChI is InChI=1S/C19H23N7O4/c1-2-3-4-5-8-13(19(29)30)26-10-15(20-11-26)21-18(28)12-7-6-9-14(27)16(12)17-22-24-25-23-17/h6-7,9-11,13,27H,2-5,8H2,1H3,(H,21,28)(H,29,30)(H,22,23,24,25). The number of aromatic hydroxyl groups is 1. The number of nitrogens with zero attached hydrogens (tertiary/aromatic N) is 5. The number of amides is 1. The first kappa shape index (κ1) is 21.0. The number of anilines is 1. The van der Waals surface area contributed by atoms with Crippen LogP contribution in [0.15, 0.2) is 30.7 Å². The Labute approximate surface area is 172 Å². The molecule has 2 aromatic heterocycles. The molecule has 0 aliphatic heterocycles. The van der Waals surface area contributed by atoms with Gasteiger partial charge in [-0.1, -0.05) is 38.7 Å². The van der Waals surface area contributed by atoms with Gasteiger partial charge in [-0.15, -0.1) is 10.2 Å². The molecule has 158 valence electrons. The highest BCUT2D eigenvalue weighted by Crippen LogP contribution is 2.30. The Morgan fingerprint density at radius 3 is 2.80 bits per heavy atom. The first-order valence-electron chi connectivity index (χ1n) is 9.64. The number of carboxylic acid groups (broad SMARTS) is 1. The summed E-state index contributed by atoms with van der Waals surface area (Å²) in [6, 6.07) is 3.68. The molecule has 0 aliphatic rings. The molecule has 0 aliphatic carbocycles. The molecular formula is C19H23N7O4. The van der Waals surface area contributed by atoms with E-state index in [9.17, 15) is 19.8 Å². The molecule has 3 rings (SSSR count). The van der Waals surface area contributed by atoms with Crippen LogP contribution in [0.25, 0.3) is 11.4 Å². The number of aromatic amines is 1. The van der Waals surface area contributed by atoms with E-state index in [0.717, 1.165) is 25.7 Å². The first-order chi connectivity index (χ1) is 14.5. The molecule has 11 nitrogen and oxygen atoms in total. The molecule has 3 aromatic rings. The zero-order valence-corrected chi connectivity index (χ0v) is 16.4. The number of carbonyl (C=O) groups is 2. The molecule has 4 N–H and O–H groups in total. The third kappa shape index (κ3) is 4.80. The van der Waals surface area contributed by atoms with Crippen molar-refractivity contribution in [2.75, 3.05) is 5.32 Å². The summed E-state index contributed by atoms with van der Waals surface area (Å²) in [5.74, 6) is -1.41. The van der Waals surface area contributed by atoms with Gasteiger partial charge in [-0.05, 0) is 23.8 Å². The lowest BCUT2D eigenvalue weighted by atomic mass is 10.1. The minimum atomic E-state index is -0.950. The van der Waals surface area contributed by atoms with Crippen molar-refractivity contribution in [1.29, 1.82) is 0 Å². The summed E-state index contributed by atoms with van der Waals surface area (Å²) < 4.78 is 1.48. The van der Waals surface area contributed by atoms with E-state index in [0.29, 0.717) is 6.42 Å². The third-order valence-corrected chi connectivity index (χ3v) is 4.68. The van der Waals surface area contributed by atoms with Crippen LogP contribution in [0.3, 0.4) is 0 Å². The van der Waals surface area contributed by atoms with Gasteiger partial charge in [-0.2, -0.15) is 5.21 Å². The van der Waals surface area contributed by atoms with Gasteiger partial charge in [0.15, 0.2) is 5.82 Å². The van der Waals surface area contributed by atoms with Gasteiger partial charge in [0, 0.05) is 6.20 Å². The largest absolute Gasteiger partial charge is 0.507 e. The molecule has 0 fully saturated rings. The molecule has 0 radical (unpaired) electrons. The number of rotatable bonds is 10. The van der Waals surface area contributed by atoms with E-state index in [-0.39, 0.29) is 28.5 Å². The van der Waals surface area contributed by atoms with Crippen molar-refractivity contribution in [2.24, 2.45) is 0 Å². The van der Waals surface area contributed by atoms with E-state index in [2.05, 4.69) is 37.8 Å². The minimum Gasteiger partial charge on any atom is -0.507 e.